The summed E-state index contributed by atoms with van der Waals surface area (Å²) in [6.45, 7) is 2.41. The van der Waals surface area contributed by atoms with Gasteiger partial charge in [0.2, 0.25) is 0 Å². The standard InChI is InChI=1S/C20H26N4O2S/c1-13-4-5-14(19(25)22-16-6-7-16)10-17(13)23-20(26)21-11-18(24(2)3)15-8-9-27-12-15/h4-5,8-10,12,16,18H,6-7,11H2,1-3H3,(H,22,25)(H2,21,23,26). The Kier molecular flexibility index (Phi) is 6.13. The third kappa shape index (κ3) is 5.30. The molecule has 1 aliphatic carbocycles. The molecule has 27 heavy (non-hydrogen) atoms. The molecule has 0 bridgehead atoms. The smallest absolute Gasteiger partial charge is 0.319 e. The lowest BCUT2D eigenvalue weighted by Crippen LogP contribution is -2.37. The van der Waals surface area contributed by atoms with Crippen LogP contribution in [0.5, 0.6) is 0 Å². The fourth-order valence-electron chi connectivity index (χ4n) is 2.81. The molecule has 144 valence electrons. The van der Waals surface area contributed by atoms with Crippen molar-refractivity contribution in [1.82, 2.24) is 15.5 Å². The lowest BCUT2D eigenvalue weighted by molar-refractivity contribution is 0.0951. The zero-order chi connectivity index (χ0) is 19.4. The van der Waals surface area contributed by atoms with Crippen LogP contribution in [-0.4, -0.2) is 43.5 Å². The maximum absolute atomic E-state index is 12.4. The van der Waals surface area contributed by atoms with Crippen LogP contribution in [0, 0.1) is 6.92 Å². The molecule has 0 radical (unpaired) electrons. The van der Waals surface area contributed by atoms with Crippen LogP contribution in [0.15, 0.2) is 35.0 Å². The summed E-state index contributed by atoms with van der Waals surface area (Å²) in [7, 11) is 3.99. The maximum atomic E-state index is 12.4. The van der Waals surface area contributed by atoms with Crippen molar-refractivity contribution in [2.75, 3.05) is 26.0 Å². The Labute approximate surface area is 164 Å². The number of likely N-dealkylation sites (N-methyl/N-ethyl adjacent to an activating group) is 1. The number of anilines is 1. The predicted octanol–water partition coefficient (Wildman–Crippen LogP) is 3.37. The van der Waals surface area contributed by atoms with Gasteiger partial charge in [-0.05, 0) is 73.9 Å². The van der Waals surface area contributed by atoms with Crippen LogP contribution in [0.4, 0.5) is 10.5 Å². The monoisotopic (exact) mass is 386 g/mol. The van der Waals surface area contributed by atoms with Gasteiger partial charge < -0.3 is 20.9 Å². The summed E-state index contributed by atoms with van der Waals surface area (Å²) in [5, 5.41) is 12.9. The molecule has 3 rings (SSSR count). The molecule has 2 aromatic rings. The van der Waals surface area contributed by atoms with Gasteiger partial charge >= 0.3 is 6.03 Å². The Balaban J connectivity index is 1.60. The summed E-state index contributed by atoms with van der Waals surface area (Å²) in [5.41, 5.74) is 3.30. The van der Waals surface area contributed by atoms with Gasteiger partial charge in [0.25, 0.3) is 5.91 Å². The number of aryl methyl sites for hydroxylation is 1. The van der Waals surface area contributed by atoms with E-state index in [1.165, 1.54) is 5.56 Å². The highest BCUT2D eigenvalue weighted by Gasteiger charge is 2.24. The largest absolute Gasteiger partial charge is 0.349 e. The van der Waals surface area contributed by atoms with E-state index in [0.717, 1.165) is 18.4 Å². The highest BCUT2D eigenvalue weighted by Crippen LogP contribution is 2.22. The molecule has 3 N–H and O–H groups in total. The minimum Gasteiger partial charge on any atom is -0.349 e. The van der Waals surface area contributed by atoms with Crippen LogP contribution in [0.3, 0.4) is 0 Å². The highest BCUT2D eigenvalue weighted by atomic mass is 32.1. The first kappa shape index (κ1) is 19.4. The number of nitrogens with one attached hydrogen (secondary N) is 3. The third-order valence-corrected chi connectivity index (χ3v) is 5.37. The van der Waals surface area contributed by atoms with Gasteiger partial charge in [0, 0.05) is 23.8 Å². The maximum Gasteiger partial charge on any atom is 0.319 e. The lowest BCUT2D eigenvalue weighted by Gasteiger charge is -2.24. The van der Waals surface area contributed by atoms with Crippen LogP contribution in [0.25, 0.3) is 0 Å². The Morgan fingerprint density at radius 1 is 1.26 bits per heavy atom. The van der Waals surface area contributed by atoms with E-state index in [9.17, 15) is 9.59 Å². The second-order valence-electron chi connectivity index (χ2n) is 7.15. The summed E-state index contributed by atoms with van der Waals surface area (Å²) in [5.74, 6) is -0.0916. The second kappa shape index (κ2) is 8.54. The van der Waals surface area contributed by atoms with E-state index in [0.29, 0.717) is 23.8 Å². The first-order valence-corrected chi connectivity index (χ1v) is 10.0. The summed E-state index contributed by atoms with van der Waals surface area (Å²) in [4.78, 5) is 26.7. The van der Waals surface area contributed by atoms with Gasteiger partial charge in [-0.3, -0.25) is 4.79 Å². The Morgan fingerprint density at radius 2 is 2.04 bits per heavy atom. The van der Waals surface area contributed by atoms with Gasteiger partial charge in [-0.1, -0.05) is 6.07 Å². The Hall–Kier alpha value is -2.38. The summed E-state index contributed by atoms with van der Waals surface area (Å²) in [6.07, 6.45) is 2.09. The zero-order valence-corrected chi connectivity index (χ0v) is 16.7. The van der Waals surface area contributed by atoms with Gasteiger partial charge in [-0.25, -0.2) is 4.79 Å². The van der Waals surface area contributed by atoms with Gasteiger partial charge in [-0.2, -0.15) is 11.3 Å². The number of carbonyl (C=O) groups is 2. The van der Waals surface area contributed by atoms with Crippen LogP contribution in [-0.2, 0) is 0 Å². The average molecular weight is 387 g/mol. The first-order valence-electron chi connectivity index (χ1n) is 9.09. The van der Waals surface area contributed by atoms with Crippen LogP contribution >= 0.6 is 11.3 Å². The molecule has 0 aliphatic heterocycles. The number of hydrogen-bond acceptors (Lipinski definition) is 4. The van der Waals surface area contributed by atoms with Crippen molar-refractivity contribution in [3.63, 3.8) is 0 Å². The van der Waals surface area contributed by atoms with Gasteiger partial charge in [0.15, 0.2) is 0 Å². The SMILES string of the molecule is Cc1ccc(C(=O)NC2CC2)cc1NC(=O)NCC(c1ccsc1)N(C)C. The van der Waals surface area contributed by atoms with E-state index in [4.69, 9.17) is 0 Å². The average Bonchev–Trinajstić information content (AvgIpc) is 3.27. The van der Waals surface area contributed by atoms with E-state index in [2.05, 4.69) is 32.3 Å². The van der Waals surface area contributed by atoms with E-state index in [1.54, 1.807) is 23.5 Å². The minimum atomic E-state index is -0.278. The second-order valence-corrected chi connectivity index (χ2v) is 7.93. The normalized spacial score (nSPS) is 14.7. The number of thiophene rings is 1. The number of amides is 3. The Bertz CT molecular complexity index is 800. The Morgan fingerprint density at radius 3 is 2.67 bits per heavy atom. The molecule has 1 atom stereocenters. The third-order valence-electron chi connectivity index (χ3n) is 4.67. The molecular weight excluding hydrogens is 360 g/mol. The van der Waals surface area contributed by atoms with Crippen molar-refractivity contribution >= 4 is 29.0 Å². The fraction of sp³-hybridized carbons (Fsp3) is 0.400. The van der Waals surface area contributed by atoms with Crippen molar-refractivity contribution < 1.29 is 9.59 Å². The van der Waals surface area contributed by atoms with Gasteiger partial charge in [0.1, 0.15) is 0 Å². The molecule has 1 heterocycles. The molecule has 1 aromatic carbocycles. The lowest BCUT2D eigenvalue weighted by atomic mass is 10.1. The number of urea groups is 1. The molecule has 1 aliphatic rings. The number of carbonyl (C=O) groups excluding carboxylic acids is 2. The van der Waals surface area contributed by atoms with Gasteiger partial charge in [-0.15, -0.1) is 0 Å². The molecule has 1 aromatic heterocycles. The van der Waals surface area contributed by atoms with E-state index < -0.39 is 0 Å². The van der Waals surface area contributed by atoms with Crippen molar-refractivity contribution in [2.45, 2.75) is 31.8 Å². The van der Waals surface area contributed by atoms with Crippen LogP contribution in [0.1, 0.15) is 40.4 Å². The number of hydrogen-bond donors (Lipinski definition) is 3. The summed E-state index contributed by atoms with van der Waals surface area (Å²) >= 11 is 1.64. The predicted molar refractivity (Wildman–Crippen MR) is 109 cm³/mol. The molecule has 7 heteroatoms. The molecule has 3 amide bonds. The van der Waals surface area contributed by atoms with E-state index in [1.807, 2.05) is 32.5 Å². The first-order chi connectivity index (χ1) is 12.9. The molecule has 0 saturated heterocycles. The van der Waals surface area contributed by atoms with Crippen molar-refractivity contribution in [1.29, 1.82) is 0 Å². The molecule has 1 unspecified atom stereocenters. The van der Waals surface area contributed by atoms with Crippen LogP contribution < -0.4 is 16.0 Å². The topological polar surface area (TPSA) is 73.5 Å². The van der Waals surface area contributed by atoms with Crippen LogP contribution in [0.2, 0.25) is 0 Å². The van der Waals surface area contributed by atoms with E-state index in [-0.39, 0.29) is 18.0 Å². The summed E-state index contributed by atoms with van der Waals surface area (Å²) < 4.78 is 0. The number of benzene rings is 1. The van der Waals surface area contributed by atoms with Gasteiger partial charge in [0.05, 0.1) is 6.04 Å². The van der Waals surface area contributed by atoms with Crippen molar-refractivity contribution in [2.24, 2.45) is 0 Å². The minimum absolute atomic E-state index is 0.0916. The molecular formula is C20H26N4O2S. The zero-order valence-electron chi connectivity index (χ0n) is 15.9. The number of nitrogens with zero attached hydrogens (tertiary/aromatic N) is 1. The quantitative estimate of drug-likeness (QED) is 0.683. The van der Waals surface area contributed by atoms with Crippen molar-refractivity contribution in [3.05, 3.63) is 51.7 Å². The molecule has 1 fully saturated rings. The molecule has 1 saturated carbocycles. The summed E-state index contributed by atoms with van der Waals surface area (Å²) in [6, 6.07) is 7.58. The van der Waals surface area contributed by atoms with Crippen molar-refractivity contribution in [3.8, 4) is 0 Å². The highest BCUT2D eigenvalue weighted by molar-refractivity contribution is 7.07. The fourth-order valence-corrected chi connectivity index (χ4v) is 3.52. The molecule has 6 nitrogen and oxygen atoms in total. The number of rotatable bonds is 7. The van der Waals surface area contributed by atoms with E-state index >= 15 is 0 Å². The molecule has 0 spiro atoms.